The number of hydrogen-bond donors (Lipinski definition) is 1. The fourth-order valence-electron chi connectivity index (χ4n) is 1.65. The maximum atomic E-state index is 12.1. The van der Waals surface area contributed by atoms with Crippen molar-refractivity contribution in [2.75, 3.05) is 39.8 Å². The summed E-state index contributed by atoms with van der Waals surface area (Å²) in [5, 5.41) is 3.04. The summed E-state index contributed by atoms with van der Waals surface area (Å²) in [4.78, 5) is 0. The van der Waals surface area contributed by atoms with Crippen LogP contribution in [0, 0.1) is 0 Å². The second-order valence-corrected chi connectivity index (χ2v) is 6.23. The highest BCUT2D eigenvalue weighted by molar-refractivity contribution is 7.86. The number of rotatable bonds is 4. The summed E-state index contributed by atoms with van der Waals surface area (Å²) in [6.45, 7) is 1.32. The van der Waals surface area contributed by atoms with Crippen LogP contribution in [-0.4, -0.2) is 63.0 Å². The van der Waals surface area contributed by atoms with Crippen molar-refractivity contribution >= 4 is 10.2 Å². The standard InChI is InChI=1S/C9H18F3N3O2S/c1-14(7-3-9(10,11)12)18(16,17)15-6-2-4-13-5-8-15/h13H,2-8H2,1H3. The Morgan fingerprint density at radius 1 is 1.28 bits per heavy atom. The van der Waals surface area contributed by atoms with Gasteiger partial charge in [-0.2, -0.15) is 30.2 Å². The molecule has 1 rings (SSSR count). The van der Waals surface area contributed by atoms with Gasteiger partial charge in [0.05, 0.1) is 6.42 Å². The van der Waals surface area contributed by atoms with Gasteiger partial charge in [-0.1, -0.05) is 0 Å². The van der Waals surface area contributed by atoms with Crippen LogP contribution < -0.4 is 5.32 Å². The lowest BCUT2D eigenvalue weighted by molar-refractivity contribution is -0.135. The predicted octanol–water partition coefficient (Wildman–Crippen LogP) is 0.411. The topological polar surface area (TPSA) is 52.7 Å². The largest absolute Gasteiger partial charge is 0.390 e. The van der Waals surface area contributed by atoms with Crippen molar-refractivity contribution in [3.8, 4) is 0 Å². The first-order valence-electron chi connectivity index (χ1n) is 5.72. The molecule has 1 aliphatic rings. The molecule has 0 saturated carbocycles. The molecule has 1 heterocycles. The monoisotopic (exact) mass is 289 g/mol. The first kappa shape index (κ1) is 15.7. The molecule has 0 bridgehead atoms. The Balaban J connectivity index is 2.60. The molecule has 0 unspecified atom stereocenters. The average molecular weight is 289 g/mol. The molecule has 0 aromatic heterocycles. The summed E-state index contributed by atoms with van der Waals surface area (Å²) in [7, 11) is -2.60. The molecule has 0 radical (unpaired) electrons. The molecule has 108 valence electrons. The van der Waals surface area contributed by atoms with E-state index in [4.69, 9.17) is 0 Å². The Morgan fingerprint density at radius 2 is 1.94 bits per heavy atom. The van der Waals surface area contributed by atoms with E-state index in [1.807, 2.05) is 0 Å². The van der Waals surface area contributed by atoms with E-state index in [2.05, 4.69) is 5.32 Å². The smallest absolute Gasteiger partial charge is 0.315 e. The Hall–Kier alpha value is -0.380. The number of hydrogen-bond acceptors (Lipinski definition) is 3. The second-order valence-electron chi connectivity index (χ2n) is 4.20. The van der Waals surface area contributed by atoms with Crippen LogP contribution >= 0.6 is 0 Å². The van der Waals surface area contributed by atoms with E-state index in [-0.39, 0.29) is 0 Å². The fraction of sp³-hybridized carbons (Fsp3) is 1.00. The SMILES string of the molecule is CN(CCC(F)(F)F)S(=O)(=O)N1CCCNCC1. The first-order chi connectivity index (χ1) is 8.23. The predicted molar refractivity (Wildman–Crippen MR) is 61.3 cm³/mol. The molecule has 0 aromatic carbocycles. The van der Waals surface area contributed by atoms with E-state index >= 15 is 0 Å². The van der Waals surface area contributed by atoms with Crippen molar-refractivity contribution in [1.29, 1.82) is 0 Å². The number of nitrogens with one attached hydrogen (secondary N) is 1. The Bertz CT molecular complexity index is 351. The van der Waals surface area contributed by atoms with Gasteiger partial charge >= 0.3 is 6.18 Å². The first-order valence-corrected chi connectivity index (χ1v) is 7.12. The van der Waals surface area contributed by atoms with Crippen molar-refractivity contribution < 1.29 is 21.6 Å². The Morgan fingerprint density at radius 3 is 2.56 bits per heavy atom. The summed E-state index contributed by atoms with van der Waals surface area (Å²) in [5.41, 5.74) is 0. The van der Waals surface area contributed by atoms with Gasteiger partial charge in [0.2, 0.25) is 0 Å². The lowest BCUT2D eigenvalue weighted by atomic mass is 10.4. The lowest BCUT2D eigenvalue weighted by Gasteiger charge is -2.26. The molecule has 0 aromatic rings. The van der Waals surface area contributed by atoms with Gasteiger partial charge in [-0.15, -0.1) is 0 Å². The summed E-state index contributed by atoms with van der Waals surface area (Å²) in [5.74, 6) is 0. The van der Waals surface area contributed by atoms with Crippen molar-refractivity contribution in [3.63, 3.8) is 0 Å². The molecular formula is C9H18F3N3O2S. The summed E-state index contributed by atoms with van der Waals surface area (Å²) in [6, 6.07) is 0. The Kier molecular flexibility index (Phi) is 5.38. The quantitative estimate of drug-likeness (QED) is 0.815. The van der Waals surface area contributed by atoms with E-state index in [9.17, 15) is 21.6 Å². The van der Waals surface area contributed by atoms with Crippen LogP contribution in [0.4, 0.5) is 13.2 Å². The van der Waals surface area contributed by atoms with Gasteiger partial charge in [0.25, 0.3) is 10.2 Å². The molecular weight excluding hydrogens is 271 g/mol. The molecule has 1 fully saturated rings. The van der Waals surface area contributed by atoms with Crippen molar-refractivity contribution in [2.45, 2.75) is 19.0 Å². The molecule has 18 heavy (non-hydrogen) atoms. The van der Waals surface area contributed by atoms with Crippen molar-refractivity contribution in [3.05, 3.63) is 0 Å². The van der Waals surface area contributed by atoms with Gasteiger partial charge in [-0.3, -0.25) is 0 Å². The highest BCUT2D eigenvalue weighted by Crippen LogP contribution is 2.20. The van der Waals surface area contributed by atoms with Crippen LogP contribution in [0.1, 0.15) is 12.8 Å². The molecule has 1 N–H and O–H groups in total. The number of alkyl halides is 3. The van der Waals surface area contributed by atoms with Crippen LogP contribution in [0.3, 0.4) is 0 Å². The minimum Gasteiger partial charge on any atom is -0.315 e. The highest BCUT2D eigenvalue weighted by Gasteiger charge is 2.32. The normalized spacial score (nSPS) is 20.1. The lowest BCUT2D eigenvalue weighted by Crippen LogP contribution is -2.44. The van der Waals surface area contributed by atoms with Crippen LogP contribution in [0.25, 0.3) is 0 Å². The summed E-state index contributed by atoms with van der Waals surface area (Å²) >= 11 is 0. The molecule has 0 spiro atoms. The molecule has 0 amide bonds. The maximum absolute atomic E-state index is 12.1. The molecule has 1 saturated heterocycles. The second kappa shape index (κ2) is 6.18. The van der Waals surface area contributed by atoms with Gasteiger partial charge < -0.3 is 5.32 Å². The minimum atomic E-state index is -4.34. The van der Waals surface area contributed by atoms with Crippen LogP contribution in [0.15, 0.2) is 0 Å². The van der Waals surface area contributed by atoms with Gasteiger partial charge in [-0.25, -0.2) is 0 Å². The third kappa shape index (κ3) is 4.71. The highest BCUT2D eigenvalue weighted by atomic mass is 32.2. The van der Waals surface area contributed by atoms with Gasteiger partial charge in [0, 0.05) is 33.2 Å². The van der Waals surface area contributed by atoms with E-state index in [0.29, 0.717) is 26.1 Å². The number of nitrogens with zero attached hydrogens (tertiary/aromatic N) is 2. The van der Waals surface area contributed by atoms with Gasteiger partial charge in [0.15, 0.2) is 0 Å². The van der Waals surface area contributed by atoms with Crippen LogP contribution in [0.2, 0.25) is 0 Å². The Labute approximate surface area is 105 Å². The van der Waals surface area contributed by atoms with E-state index in [0.717, 1.165) is 10.8 Å². The molecule has 5 nitrogen and oxygen atoms in total. The molecule has 0 aliphatic carbocycles. The third-order valence-corrected chi connectivity index (χ3v) is 4.72. The zero-order chi connectivity index (χ0) is 13.8. The van der Waals surface area contributed by atoms with E-state index in [1.165, 1.54) is 11.4 Å². The maximum Gasteiger partial charge on any atom is 0.390 e. The third-order valence-electron chi connectivity index (χ3n) is 2.73. The molecule has 1 aliphatic heterocycles. The average Bonchev–Trinajstić information content (AvgIpc) is 2.53. The van der Waals surface area contributed by atoms with Gasteiger partial charge in [-0.05, 0) is 13.0 Å². The number of halogens is 3. The minimum absolute atomic E-state index is 0.290. The zero-order valence-electron chi connectivity index (χ0n) is 10.2. The fourth-order valence-corrected chi connectivity index (χ4v) is 3.05. The summed E-state index contributed by atoms with van der Waals surface area (Å²) in [6.07, 6.45) is -4.81. The van der Waals surface area contributed by atoms with Crippen LogP contribution in [0.5, 0.6) is 0 Å². The van der Waals surface area contributed by atoms with E-state index < -0.39 is 29.4 Å². The van der Waals surface area contributed by atoms with Crippen LogP contribution in [-0.2, 0) is 10.2 Å². The van der Waals surface area contributed by atoms with Crippen molar-refractivity contribution in [2.24, 2.45) is 0 Å². The molecule has 9 heteroatoms. The molecule has 0 atom stereocenters. The summed E-state index contributed by atoms with van der Waals surface area (Å²) < 4.78 is 62.2. The van der Waals surface area contributed by atoms with Crippen molar-refractivity contribution in [1.82, 2.24) is 13.9 Å². The van der Waals surface area contributed by atoms with Gasteiger partial charge in [0.1, 0.15) is 0 Å². The van der Waals surface area contributed by atoms with E-state index in [1.54, 1.807) is 0 Å². The zero-order valence-corrected chi connectivity index (χ0v) is 11.0.